The number of carboxylic acids is 1. The fourth-order valence-corrected chi connectivity index (χ4v) is 2.03. The van der Waals surface area contributed by atoms with Crippen LogP contribution in [0.3, 0.4) is 0 Å². The van der Waals surface area contributed by atoms with Crippen LogP contribution in [0.25, 0.3) is 0 Å². The quantitative estimate of drug-likeness (QED) is 0.809. The topological polar surface area (TPSA) is 63.6 Å². The largest absolute Gasteiger partial charge is 0.496 e. The highest BCUT2D eigenvalue weighted by Gasteiger charge is 2.51. The van der Waals surface area contributed by atoms with Crippen molar-refractivity contribution in [2.45, 2.75) is 25.2 Å². The Labute approximate surface area is 99.2 Å². The van der Waals surface area contributed by atoms with Crippen LogP contribution in [0.1, 0.15) is 35.7 Å². The number of rotatable bonds is 4. The van der Waals surface area contributed by atoms with E-state index in [0.717, 1.165) is 0 Å². The number of carbonyl (C=O) groups excluding carboxylic acids is 1. The molecule has 0 spiro atoms. The van der Waals surface area contributed by atoms with Gasteiger partial charge in [0.1, 0.15) is 5.75 Å². The maximum absolute atomic E-state index is 11.5. The van der Waals surface area contributed by atoms with Gasteiger partial charge < -0.3 is 9.84 Å². The van der Waals surface area contributed by atoms with E-state index >= 15 is 0 Å². The molecule has 0 radical (unpaired) electrons. The third-order valence-corrected chi connectivity index (χ3v) is 3.29. The summed E-state index contributed by atoms with van der Waals surface area (Å²) in [5.74, 6) is -0.454. The second kappa shape index (κ2) is 3.87. The Hall–Kier alpha value is -1.84. The van der Waals surface area contributed by atoms with Crippen LogP contribution >= 0.6 is 0 Å². The highest BCUT2D eigenvalue weighted by molar-refractivity contribution is 5.97. The first-order valence-corrected chi connectivity index (χ1v) is 5.44. The van der Waals surface area contributed by atoms with Crippen LogP contribution in [0, 0.1) is 0 Å². The Morgan fingerprint density at radius 2 is 2.00 bits per heavy atom. The smallest absolute Gasteiger partial charge is 0.314 e. The van der Waals surface area contributed by atoms with E-state index in [9.17, 15) is 14.7 Å². The Morgan fingerprint density at radius 1 is 1.35 bits per heavy atom. The van der Waals surface area contributed by atoms with Gasteiger partial charge in [0.2, 0.25) is 0 Å². The van der Waals surface area contributed by atoms with Crippen LogP contribution in [-0.4, -0.2) is 24.0 Å². The molecule has 0 saturated heterocycles. The molecule has 2 rings (SSSR count). The van der Waals surface area contributed by atoms with Gasteiger partial charge in [0.05, 0.1) is 18.1 Å². The Balaban J connectivity index is 2.48. The number of aliphatic carboxylic acids is 1. The number of hydrogen-bond acceptors (Lipinski definition) is 3. The van der Waals surface area contributed by atoms with Gasteiger partial charge in [-0.2, -0.15) is 0 Å². The van der Waals surface area contributed by atoms with Crippen molar-refractivity contribution in [1.29, 1.82) is 0 Å². The Morgan fingerprint density at radius 3 is 2.41 bits per heavy atom. The summed E-state index contributed by atoms with van der Waals surface area (Å²) >= 11 is 0. The van der Waals surface area contributed by atoms with Gasteiger partial charge in [-0.1, -0.05) is 6.07 Å². The average molecular weight is 234 g/mol. The number of methoxy groups -OCH3 is 1. The molecule has 0 heterocycles. The standard InChI is InChI=1S/C13H14O4/c1-8(14)10-7-9(3-4-11(10)17-2)13(5-6-13)12(15)16/h3-4,7H,5-6H2,1-2H3,(H,15,16). The predicted molar refractivity (Wildman–Crippen MR) is 61.5 cm³/mol. The molecule has 0 atom stereocenters. The number of Topliss-reactive ketones (excluding diaryl/α,β-unsaturated/α-hetero) is 1. The lowest BCUT2D eigenvalue weighted by molar-refractivity contribution is -0.140. The van der Waals surface area contributed by atoms with Crippen LogP contribution in [-0.2, 0) is 10.2 Å². The molecule has 1 aromatic rings. The summed E-state index contributed by atoms with van der Waals surface area (Å²) in [5, 5.41) is 9.20. The summed E-state index contributed by atoms with van der Waals surface area (Å²) in [6.45, 7) is 1.45. The highest BCUT2D eigenvalue weighted by Crippen LogP contribution is 2.49. The Bertz CT molecular complexity index is 486. The van der Waals surface area contributed by atoms with E-state index in [2.05, 4.69) is 0 Å². The van der Waals surface area contributed by atoms with Gasteiger partial charge in [-0.05, 0) is 37.5 Å². The zero-order chi connectivity index (χ0) is 12.6. The van der Waals surface area contributed by atoms with Gasteiger partial charge in [-0.25, -0.2) is 0 Å². The molecule has 1 aliphatic rings. The number of carboxylic acid groups (broad SMARTS) is 1. The molecule has 0 unspecified atom stereocenters. The van der Waals surface area contributed by atoms with Gasteiger partial charge in [0.25, 0.3) is 0 Å². The molecule has 1 N–H and O–H groups in total. The summed E-state index contributed by atoms with van der Waals surface area (Å²) in [7, 11) is 1.49. The molecule has 1 aromatic carbocycles. The summed E-state index contributed by atoms with van der Waals surface area (Å²) in [6.07, 6.45) is 1.26. The number of carbonyl (C=O) groups is 2. The zero-order valence-corrected chi connectivity index (χ0v) is 9.82. The van der Waals surface area contributed by atoms with Crippen LogP contribution in [0.15, 0.2) is 18.2 Å². The molecule has 4 heteroatoms. The monoisotopic (exact) mass is 234 g/mol. The van der Waals surface area contributed by atoms with Gasteiger partial charge in [-0.15, -0.1) is 0 Å². The van der Waals surface area contributed by atoms with Gasteiger partial charge in [-0.3, -0.25) is 9.59 Å². The van der Waals surface area contributed by atoms with Crippen molar-refractivity contribution in [2.24, 2.45) is 0 Å². The number of hydrogen-bond donors (Lipinski definition) is 1. The Kier molecular flexibility index (Phi) is 2.65. The highest BCUT2D eigenvalue weighted by atomic mass is 16.5. The van der Waals surface area contributed by atoms with Crippen molar-refractivity contribution in [3.8, 4) is 5.75 Å². The van der Waals surface area contributed by atoms with Crippen molar-refractivity contribution < 1.29 is 19.4 Å². The minimum absolute atomic E-state index is 0.120. The van der Waals surface area contributed by atoms with Crippen molar-refractivity contribution in [3.05, 3.63) is 29.3 Å². The van der Waals surface area contributed by atoms with Crippen molar-refractivity contribution in [1.82, 2.24) is 0 Å². The molecule has 1 fully saturated rings. The molecule has 17 heavy (non-hydrogen) atoms. The minimum atomic E-state index is -0.822. The van der Waals surface area contributed by atoms with E-state index in [-0.39, 0.29) is 5.78 Å². The molecule has 0 amide bonds. The lowest BCUT2D eigenvalue weighted by atomic mass is 9.93. The van der Waals surface area contributed by atoms with E-state index in [1.165, 1.54) is 14.0 Å². The molecule has 4 nitrogen and oxygen atoms in total. The van der Waals surface area contributed by atoms with Crippen LogP contribution in [0.2, 0.25) is 0 Å². The van der Waals surface area contributed by atoms with Gasteiger partial charge in [0, 0.05) is 0 Å². The zero-order valence-electron chi connectivity index (χ0n) is 9.82. The normalized spacial score (nSPS) is 16.4. The first-order valence-electron chi connectivity index (χ1n) is 5.44. The summed E-state index contributed by atoms with van der Waals surface area (Å²) in [4.78, 5) is 22.7. The molecule has 1 saturated carbocycles. The molecule has 0 aliphatic heterocycles. The fourth-order valence-electron chi connectivity index (χ4n) is 2.03. The number of ketones is 1. The van der Waals surface area contributed by atoms with Crippen molar-refractivity contribution in [2.75, 3.05) is 7.11 Å². The van der Waals surface area contributed by atoms with E-state index in [1.807, 2.05) is 0 Å². The SMILES string of the molecule is COc1ccc(C2(C(=O)O)CC2)cc1C(C)=O. The van der Waals surface area contributed by atoms with E-state index in [0.29, 0.717) is 29.7 Å². The molecular formula is C13H14O4. The fraction of sp³-hybridized carbons (Fsp3) is 0.385. The van der Waals surface area contributed by atoms with Crippen LogP contribution < -0.4 is 4.74 Å². The molecule has 1 aliphatic carbocycles. The van der Waals surface area contributed by atoms with Crippen LogP contribution in [0.5, 0.6) is 5.75 Å². The number of benzene rings is 1. The molecule has 0 aromatic heterocycles. The van der Waals surface area contributed by atoms with Crippen molar-refractivity contribution >= 4 is 11.8 Å². The van der Waals surface area contributed by atoms with E-state index in [1.54, 1.807) is 18.2 Å². The molecule has 0 bridgehead atoms. The maximum atomic E-state index is 11.5. The van der Waals surface area contributed by atoms with Gasteiger partial charge >= 0.3 is 5.97 Å². The second-order valence-corrected chi connectivity index (χ2v) is 4.36. The lowest BCUT2D eigenvalue weighted by Crippen LogP contribution is -2.20. The average Bonchev–Trinajstić information content (AvgIpc) is 3.09. The summed E-state index contributed by atoms with van der Waals surface area (Å²) in [6, 6.07) is 5.03. The predicted octanol–water partition coefficient (Wildman–Crippen LogP) is 2.01. The first-order chi connectivity index (χ1) is 8.01. The van der Waals surface area contributed by atoms with Crippen LogP contribution in [0.4, 0.5) is 0 Å². The minimum Gasteiger partial charge on any atom is -0.496 e. The molecular weight excluding hydrogens is 220 g/mol. The van der Waals surface area contributed by atoms with Crippen molar-refractivity contribution in [3.63, 3.8) is 0 Å². The van der Waals surface area contributed by atoms with Gasteiger partial charge in [0.15, 0.2) is 5.78 Å². The first kappa shape index (κ1) is 11.6. The van der Waals surface area contributed by atoms with E-state index in [4.69, 9.17) is 4.74 Å². The summed E-state index contributed by atoms with van der Waals surface area (Å²) in [5.41, 5.74) is 0.352. The maximum Gasteiger partial charge on any atom is 0.314 e. The summed E-state index contributed by atoms with van der Waals surface area (Å²) < 4.78 is 5.09. The molecule has 90 valence electrons. The third kappa shape index (κ3) is 1.79. The second-order valence-electron chi connectivity index (χ2n) is 4.36. The number of ether oxygens (including phenoxy) is 1. The lowest BCUT2D eigenvalue weighted by Gasteiger charge is -2.13. The van der Waals surface area contributed by atoms with E-state index < -0.39 is 11.4 Å². The third-order valence-electron chi connectivity index (χ3n) is 3.29.